The van der Waals surface area contributed by atoms with Gasteiger partial charge in [-0.3, -0.25) is 4.79 Å². The highest BCUT2D eigenvalue weighted by atomic mass is 79.9. The Hall–Kier alpha value is -1.07. The van der Waals surface area contributed by atoms with Crippen LogP contribution in [0.4, 0.5) is 0 Å². The Labute approximate surface area is 103 Å². The number of carbonyl (C=O) groups excluding carboxylic acids is 1. The largest absolute Gasteiger partial charge is 0.484 e. The van der Waals surface area contributed by atoms with E-state index in [1.807, 2.05) is 31.3 Å². The van der Waals surface area contributed by atoms with Gasteiger partial charge in [-0.25, -0.2) is 0 Å². The number of hydrogen-bond donors (Lipinski definition) is 2. The molecule has 0 aliphatic rings. The van der Waals surface area contributed by atoms with Crippen molar-refractivity contribution in [3.8, 4) is 5.75 Å². The van der Waals surface area contributed by atoms with E-state index in [1.165, 1.54) is 0 Å². The zero-order valence-electron chi connectivity index (χ0n) is 9.13. The molecule has 0 bridgehead atoms. The monoisotopic (exact) mass is 286 g/mol. The summed E-state index contributed by atoms with van der Waals surface area (Å²) >= 11 is 3.33. The van der Waals surface area contributed by atoms with E-state index in [4.69, 9.17) is 4.74 Å². The number of amides is 1. The van der Waals surface area contributed by atoms with Crippen molar-refractivity contribution < 1.29 is 9.53 Å². The summed E-state index contributed by atoms with van der Waals surface area (Å²) in [5.41, 5.74) is 0. The summed E-state index contributed by atoms with van der Waals surface area (Å²) in [6, 6.07) is 7.39. The highest BCUT2D eigenvalue weighted by molar-refractivity contribution is 9.10. The van der Waals surface area contributed by atoms with E-state index < -0.39 is 0 Å². The second-order valence-corrected chi connectivity index (χ2v) is 4.12. The maximum atomic E-state index is 11.3. The van der Waals surface area contributed by atoms with Crippen LogP contribution in [0.1, 0.15) is 0 Å². The predicted octanol–water partition coefficient (Wildman–Crippen LogP) is 1.16. The normalized spacial score (nSPS) is 9.88. The van der Waals surface area contributed by atoms with Gasteiger partial charge in [0.1, 0.15) is 5.75 Å². The van der Waals surface area contributed by atoms with Crippen LogP contribution in [-0.2, 0) is 4.79 Å². The fourth-order valence-corrected chi connectivity index (χ4v) is 1.46. The number of benzene rings is 1. The molecule has 0 aliphatic heterocycles. The molecular formula is C11H15BrN2O2. The van der Waals surface area contributed by atoms with Gasteiger partial charge in [0, 0.05) is 17.6 Å². The molecule has 1 aromatic rings. The van der Waals surface area contributed by atoms with E-state index in [9.17, 15) is 4.79 Å². The third-order valence-corrected chi connectivity index (χ3v) is 2.36. The van der Waals surface area contributed by atoms with E-state index in [1.54, 1.807) is 0 Å². The van der Waals surface area contributed by atoms with Gasteiger partial charge >= 0.3 is 0 Å². The van der Waals surface area contributed by atoms with Gasteiger partial charge in [-0.1, -0.05) is 22.0 Å². The highest BCUT2D eigenvalue weighted by Gasteiger charge is 2.01. The van der Waals surface area contributed by atoms with Crippen LogP contribution in [0.3, 0.4) is 0 Å². The molecule has 0 heterocycles. The number of rotatable bonds is 6. The molecule has 0 saturated carbocycles. The lowest BCUT2D eigenvalue weighted by atomic mass is 10.3. The van der Waals surface area contributed by atoms with Gasteiger partial charge in [0.05, 0.1) is 0 Å². The Balaban J connectivity index is 2.26. The summed E-state index contributed by atoms with van der Waals surface area (Å²) in [6.07, 6.45) is 0. The van der Waals surface area contributed by atoms with Gasteiger partial charge in [0.2, 0.25) is 0 Å². The third-order valence-electron chi connectivity index (χ3n) is 1.86. The number of ether oxygens (including phenoxy) is 1. The molecule has 0 unspecified atom stereocenters. The summed E-state index contributed by atoms with van der Waals surface area (Å²) in [4.78, 5) is 11.3. The molecule has 88 valence electrons. The molecule has 1 rings (SSSR count). The van der Waals surface area contributed by atoms with Gasteiger partial charge in [-0.2, -0.15) is 0 Å². The molecule has 16 heavy (non-hydrogen) atoms. The molecule has 0 saturated heterocycles. The van der Waals surface area contributed by atoms with Crippen molar-refractivity contribution >= 4 is 21.8 Å². The first-order valence-corrected chi connectivity index (χ1v) is 5.81. The molecule has 1 amide bonds. The molecule has 0 fully saturated rings. The van der Waals surface area contributed by atoms with Gasteiger partial charge in [0.25, 0.3) is 5.91 Å². The molecule has 0 aliphatic carbocycles. The summed E-state index contributed by atoms with van der Waals surface area (Å²) in [5.74, 6) is 0.563. The molecular weight excluding hydrogens is 272 g/mol. The average Bonchev–Trinajstić information content (AvgIpc) is 2.27. The average molecular weight is 287 g/mol. The highest BCUT2D eigenvalue weighted by Crippen LogP contribution is 2.17. The summed E-state index contributed by atoms with van der Waals surface area (Å²) in [5, 5.41) is 5.67. The topological polar surface area (TPSA) is 50.4 Å². The molecule has 0 aromatic heterocycles. The lowest BCUT2D eigenvalue weighted by molar-refractivity contribution is -0.123. The number of carbonyl (C=O) groups is 1. The fourth-order valence-electron chi connectivity index (χ4n) is 1.08. The van der Waals surface area contributed by atoms with Crippen molar-refractivity contribution in [2.45, 2.75) is 0 Å². The zero-order valence-corrected chi connectivity index (χ0v) is 10.7. The molecule has 4 nitrogen and oxygen atoms in total. The molecule has 2 N–H and O–H groups in total. The van der Waals surface area contributed by atoms with E-state index >= 15 is 0 Å². The van der Waals surface area contributed by atoms with Crippen LogP contribution in [-0.4, -0.2) is 32.7 Å². The van der Waals surface area contributed by atoms with Crippen molar-refractivity contribution in [2.24, 2.45) is 0 Å². The first-order chi connectivity index (χ1) is 7.72. The van der Waals surface area contributed by atoms with Gasteiger partial charge in [0.15, 0.2) is 6.61 Å². The number of nitrogens with one attached hydrogen (secondary N) is 2. The molecule has 0 spiro atoms. The quantitative estimate of drug-likeness (QED) is 0.772. The van der Waals surface area contributed by atoms with E-state index in [-0.39, 0.29) is 12.5 Å². The number of halogens is 1. The Morgan fingerprint density at radius 3 is 2.94 bits per heavy atom. The number of likely N-dealkylation sites (N-methyl/N-ethyl adjacent to an activating group) is 1. The Morgan fingerprint density at radius 1 is 1.44 bits per heavy atom. The SMILES string of the molecule is CNCCNC(=O)COc1cccc(Br)c1. The zero-order chi connectivity index (χ0) is 11.8. The van der Waals surface area contributed by atoms with Crippen molar-refractivity contribution in [1.82, 2.24) is 10.6 Å². The maximum absolute atomic E-state index is 11.3. The van der Waals surface area contributed by atoms with Crippen LogP contribution in [0.25, 0.3) is 0 Å². The Morgan fingerprint density at radius 2 is 2.25 bits per heavy atom. The summed E-state index contributed by atoms with van der Waals surface area (Å²) < 4.78 is 6.25. The third kappa shape index (κ3) is 5.14. The lowest BCUT2D eigenvalue weighted by Gasteiger charge is -2.07. The molecule has 0 atom stereocenters. The van der Waals surface area contributed by atoms with Crippen LogP contribution in [0, 0.1) is 0 Å². The fraction of sp³-hybridized carbons (Fsp3) is 0.364. The van der Waals surface area contributed by atoms with Crippen molar-refractivity contribution in [2.75, 3.05) is 26.7 Å². The Kier molecular flexibility index (Phi) is 5.88. The van der Waals surface area contributed by atoms with Crippen LogP contribution in [0.15, 0.2) is 28.7 Å². The van der Waals surface area contributed by atoms with E-state index in [0.717, 1.165) is 11.0 Å². The lowest BCUT2D eigenvalue weighted by Crippen LogP contribution is -2.33. The summed E-state index contributed by atoms with van der Waals surface area (Å²) in [7, 11) is 1.84. The molecule has 1 aromatic carbocycles. The van der Waals surface area contributed by atoms with Crippen LogP contribution < -0.4 is 15.4 Å². The minimum Gasteiger partial charge on any atom is -0.484 e. The standard InChI is InChI=1S/C11H15BrN2O2/c1-13-5-6-14-11(15)8-16-10-4-2-3-9(12)7-10/h2-4,7,13H,5-6,8H2,1H3,(H,14,15). The van der Waals surface area contributed by atoms with Gasteiger partial charge in [-0.15, -0.1) is 0 Å². The van der Waals surface area contributed by atoms with Crippen molar-refractivity contribution in [1.29, 1.82) is 0 Å². The smallest absolute Gasteiger partial charge is 0.257 e. The summed E-state index contributed by atoms with van der Waals surface area (Å²) in [6.45, 7) is 1.40. The van der Waals surface area contributed by atoms with E-state index in [2.05, 4.69) is 26.6 Å². The molecule has 0 radical (unpaired) electrons. The van der Waals surface area contributed by atoms with Gasteiger partial charge in [-0.05, 0) is 25.2 Å². The number of hydrogen-bond acceptors (Lipinski definition) is 3. The Bertz CT molecular complexity index is 345. The molecule has 5 heteroatoms. The van der Waals surface area contributed by atoms with Gasteiger partial charge < -0.3 is 15.4 Å². The van der Waals surface area contributed by atoms with Crippen molar-refractivity contribution in [3.05, 3.63) is 28.7 Å². The maximum Gasteiger partial charge on any atom is 0.257 e. The second kappa shape index (κ2) is 7.24. The minimum absolute atomic E-state index is 0.0418. The first kappa shape index (κ1) is 13.0. The van der Waals surface area contributed by atoms with Crippen LogP contribution in [0.2, 0.25) is 0 Å². The van der Waals surface area contributed by atoms with Crippen molar-refractivity contribution in [3.63, 3.8) is 0 Å². The minimum atomic E-state index is -0.116. The first-order valence-electron chi connectivity index (χ1n) is 5.02. The van der Waals surface area contributed by atoms with E-state index in [0.29, 0.717) is 12.3 Å². The van der Waals surface area contributed by atoms with Crippen LogP contribution >= 0.6 is 15.9 Å². The predicted molar refractivity (Wildman–Crippen MR) is 66.6 cm³/mol. The van der Waals surface area contributed by atoms with Crippen LogP contribution in [0.5, 0.6) is 5.75 Å². The second-order valence-electron chi connectivity index (χ2n) is 3.20.